The quantitative estimate of drug-likeness (QED) is 0.894. The van der Waals surface area contributed by atoms with Crippen LogP contribution in [0.15, 0.2) is 24.3 Å². The van der Waals surface area contributed by atoms with Crippen molar-refractivity contribution in [2.75, 3.05) is 32.8 Å². The lowest BCUT2D eigenvalue weighted by Crippen LogP contribution is -2.59. The molecule has 1 amide bonds. The van der Waals surface area contributed by atoms with E-state index in [-0.39, 0.29) is 18.1 Å². The Morgan fingerprint density at radius 1 is 1.25 bits per heavy atom. The summed E-state index contributed by atoms with van der Waals surface area (Å²) in [5, 5.41) is 3.18. The van der Waals surface area contributed by atoms with Crippen LogP contribution in [0.1, 0.15) is 18.1 Å². The molecule has 4 heteroatoms. The number of carbonyl (C=O) groups excluding carboxylic acids is 1. The molecule has 0 atom stereocenters. The van der Waals surface area contributed by atoms with Crippen LogP contribution in [-0.2, 0) is 22.4 Å². The van der Waals surface area contributed by atoms with E-state index in [2.05, 4.69) is 36.5 Å². The Hall–Kier alpha value is -1.39. The van der Waals surface area contributed by atoms with Gasteiger partial charge in [-0.25, -0.2) is 0 Å². The molecular weight excluding hydrogens is 252 g/mol. The third-order valence-electron chi connectivity index (χ3n) is 4.32. The van der Waals surface area contributed by atoms with Crippen molar-refractivity contribution in [1.29, 1.82) is 0 Å². The zero-order valence-corrected chi connectivity index (χ0v) is 12.0. The molecule has 1 aromatic carbocycles. The minimum atomic E-state index is -0.148. The molecule has 3 rings (SSSR count). The smallest absolute Gasteiger partial charge is 0.248 e. The molecule has 108 valence electrons. The Morgan fingerprint density at radius 3 is 2.35 bits per heavy atom. The van der Waals surface area contributed by atoms with E-state index in [0.29, 0.717) is 0 Å². The predicted octanol–water partition coefficient (Wildman–Crippen LogP) is 0.992. The Bertz CT molecular complexity index is 470. The topological polar surface area (TPSA) is 41.6 Å². The van der Waals surface area contributed by atoms with Crippen LogP contribution in [0.4, 0.5) is 0 Å². The fourth-order valence-corrected chi connectivity index (χ4v) is 2.82. The number of fused-ring (bicyclic) bond motifs is 1. The minimum absolute atomic E-state index is 0.117. The first kappa shape index (κ1) is 13.6. The Balaban J connectivity index is 1.55. The molecule has 2 aliphatic heterocycles. The van der Waals surface area contributed by atoms with Gasteiger partial charge in [-0.3, -0.25) is 4.79 Å². The van der Waals surface area contributed by atoms with Crippen LogP contribution < -0.4 is 5.32 Å². The summed E-state index contributed by atoms with van der Waals surface area (Å²) in [6.45, 7) is 5.53. The summed E-state index contributed by atoms with van der Waals surface area (Å²) in [6, 6.07) is 8.48. The number of rotatable bonds is 3. The van der Waals surface area contributed by atoms with E-state index in [1.54, 1.807) is 0 Å². The first-order valence-electron chi connectivity index (χ1n) is 7.36. The van der Waals surface area contributed by atoms with Gasteiger partial charge in [-0.2, -0.15) is 0 Å². The number of benzene rings is 1. The summed E-state index contributed by atoms with van der Waals surface area (Å²) in [4.78, 5) is 14.2. The molecular formula is C16H22N2O2. The summed E-state index contributed by atoms with van der Waals surface area (Å²) in [5.41, 5.74) is 2.60. The van der Waals surface area contributed by atoms with Crippen molar-refractivity contribution in [2.45, 2.75) is 25.4 Å². The lowest BCUT2D eigenvalue weighted by atomic mass is 10.0. The van der Waals surface area contributed by atoms with Gasteiger partial charge in [-0.1, -0.05) is 24.3 Å². The van der Waals surface area contributed by atoms with Crippen LogP contribution in [0.5, 0.6) is 0 Å². The lowest BCUT2D eigenvalue weighted by molar-refractivity contribution is -0.145. The number of nitrogens with zero attached hydrogens (tertiary/aromatic N) is 1. The van der Waals surface area contributed by atoms with Gasteiger partial charge in [0, 0.05) is 26.2 Å². The summed E-state index contributed by atoms with van der Waals surface area (Å²) in [5.74, 6) is 0.117. The van der Waals surface area contributed by atoms with Crippen molar-refractivity contribution < 1.29 is 9.53 Å². The third-order valence-corrected chi connectivity index (χ3v) is 4.32. The van der Waals surface area contributed by atoms with Crippen LogP contribution in [0.25, 0.3) is 0 Å². The van der Waals surface area contributed by atoms with Gasteiger partial charge < -0.3 is 15.0 Å². The van der Waals surface area contributed by atoms with Gasteiger partial charge in [0.05, 0.1) is 5.60 Å². The molecule has 0 radical (unpaired) electrons. The van der Waals surface area contributed by atoms with E-state index < -0.39 is 0 Å². The number of nitrogens with one attached hydrogen (secondary N) is 1. The molecule has 2 aliphatic rings. The van der Waals surface area contributed by atoms with Gasteiger partial charge in [0.15, 0.2) is 0 Å². The second kappa shape index (κ2) is 5.54. The number of carbonyl (C=O) groups is 1. The van der Waals surface area contributed by atoms with Crippen LogP contribution >= 0.6 is 0 Å². The molecule has 0 bridgehead atoms. The molecule has 1 N–H and O–H groups in total. The van der Waals surface area contributed by atoms with Crippen LogP contribution in [-0.4, -0.2) is 49.2 Å². The fraction of sp³-hybridized carbons (Fsp3) is 0.562. The molecule has 1 aromatic rings. The number of hydrogen-bond donors (Lipinski definition) is 1. The van der Waals surface area contributed by atoms with Crippen molar-refractivity contribution >= 4 is 5.91 Å². The molecule has 0 aromatic heterocycles. The van der Waals surface area contributed by atoms with Crippen molar-refractivity contribution in [3.8, 4) is 0 Å². The Labute approximate surface area is 120 Å². The van der Waals surface area contributed by atoms with E-state index >= 15 is 0 Å². The van der Waals surface area contributed by atoms with E-state index in [9.17, 15) is 4.79 Å². The van der Waals surface area contributed by atoms with Gasteiger partial charge in [-0.05, 0) is 30.9 Å². The number of hydrogen-bond acceptors (Lipinski definition) is 3. The zero-order chi connectivity index (χ0) is 14.0. The largest absolute Gasteiger partial charge is 0.363 e. The van der Waals surface area contributed by atoms with Crippen LogP contribution in [0, 0.1) is 0 Å². The van der Waals surface area contributed by atoms with Crippen molar-refractivity contribution in [3.63, 3.8) is 0 Å². The molecule has 0 unspecified atom stereocenters. The third kappa shape index (κ3) is 2.86. The summed E-state index contributed by atoms with van der Waals surface area (Å²) >= 11 is 0. The fourth-order valence-electron chi connectivity index (χ4n) is 2.82. The van der Waals surface area contributed by atoms with E-state index in [4.69, 9.17) is 4.74 Å². The number of ether oxygens (including phenoxy) is 1. The summed E-state index contributed by atoms with van der Waals surface area (Å²) in [7, 11) is 0. The highest BCUT2D eigenvalue weighted by Crippen LogP contribution is 2.17. The molecule has 0 aliphatic carbocycles. The highest BCUT2D eigenvalue weighted by atomic mass is 16.5. The minimum Gasteiger partial charge on any atom is -0.363 e. The van der Waals surface area contributed by atoms with Crippen molar-refractivity contribution in [3.05, 3.63) is 35.4 Å². The average Bonchev–Trinajstić information content (AvgIpc) is 2.65. The molecule has 0 spiro atoms. The van der Waals surface area contributed by atoms with Gasteiger partial charge in [-0.15, -0.1) is 0 Å². The first-order chi connectivity index (χ1) is 9.66. The van der Waals surface area contributed by atoms with E-state index in [0.717, 1.165) is 39.0 Å². The second-order valence-electron chi connectivity index (χ2n) is 5.99. The highest BCUT2D eigenvalue weighted by Gasteiger charge is 2.33. The van der Waals surface area contributed by atoms with Gasteiger partial charge >= 0.3 is 0 Å². The molecule has 0 saturated carbocycles. The maximum atomic E-state index is 12.3. The molecule has 1 saturated heterocycles. The van der Waals surface area contributed by atoms with Crippen LogP contribution in [0.3, 0.4) is 0 Å². The average molecular weight is 274 g/mol. The molecule has 20 heavy (non-hydrogen) atoms. The van der Waals surface area contributed by atoms with Gasteiger partial charge in [0.25, 0.3) is 0 Å². The molecule has 1 fully saturated rings. The van der Waals surface area contributed by atoms with Crippen LogP contribution in [0.2, 0.25) is 0 Å². The number of amides is 1. The first-order valence-corrected chi connectivity index (χ1v) is 7.36. The maximum Gasteiger partial charge on any atom is 0.248 e. The standard InChI is InChI=1S/C16H22N2O2/c1-16(11-17-12-16)20-10-15(19)18-8-6-13-4-2-3-5-14(13)7-9-18/h2-5,17H,6-12H2,1H3. The summed E-state index contributed by atoms with van der Waals surface area (Å²) in [6.07, 6.45) is 1.89. The molecule has 4 nitrogen and oxygen atoms in total. The van der Waals surface area contributed by atoms with Crippen molar-refractivity contribution in [1.82, 2.24) is 10.2 Å². The monoisotopic (exact) mass is 274 g/mol. The lowest BCUT2D eigenvalue weighted by Gasteiger charge is -2.39. The predicted molar refractivity (Wildman–Crippen MR) is 77.7 cm³/mol. The van der Waals surface area contributed by atoms with E-state index in [1.807, 2.05) is 4.90 Å². The summed E-state index contributed by atoms with van der Waals surface area (Å²) < 4.78 is 5.74. The van der Waals surface area contributed by atoms with Gasteiger partial charge in [0.2, 0.25) is 5.91 Å². The van der Waals surface area contributed by atoms with Gasteiger partial charge in [0.1, 0.15) is 6.61 Å². The second-order valence-corrected chi connectivity index (χ2v) is 5.99. The normalized spacial score (nSPS) is 20.8. The zero-order valence-electron chi connectivity index (χ0n) is 12.0. The Kier molecular flexibility index (Phi) is 3.76. The Morgan fingerprint density at radius 2 is 1.85 bits per heavy atom. The van der Waals surface area contributed by atoms with Crippen molar-refractivity contribution in [2.24, 2.45) is 0 Å². The molecule has 2 heterocycles. The van der Waals surface area contributed by atoms with E-state index in [1.165, 1.54) is 11.1 Å². The maximum absolute atomic E-state index is 12.3. The SMILES string of the molecule is CC1(OCC(=O)N2CCc3ccccc3CC2)CNC1. The highest BCUT2D eigenvalue weighted by molar-refractivity contribution is 5.77.